The van der Waals surface area contributed by atoms with Crippen LogP contribution in [0.25, 0.3) is 0 Å². The molecule has 0 aliphatic heterocycles. The Labute approximate surface area is 92.5 Å². The molecule has 0 fully saturated rings. The third-order valence-corrected chi connectivity index (χ3v) is 2.20. The quantitative estimate of drug-likeness (QED) is 0.753. The Morgan fingerprint density at radius 3 is 2.38 bits per heavy atom. The van der Waals surface area contributed by atoms with Gasteiger partial charge in [0.25, 0.3) is 0 Å². The molecular weight excluding hydrogens is 215 g/mol. The van der Waals surface area contributed by atoms with E-state index >= 15 is 0 Å². The average molecular weight is 227 g/mol. The van der Waals surface area contributed by atoms with Gasteiger partial charge in [-0.05, 0) is 31.9 Å². The monoisotopic (exact) mass is 227 g/mol. The lowest BCUT2D eigenvalue weighted by molar-refractivity contribution is -0.137. The van der Waals surface area contributed by atoms with Crippen LogP contribution in [0, 0.1) is 16.7 Å². The summed E-state index contributed by atoms with van der Waals surface area (Å²) in [6.07, 6.45) is -4.01. The minimum absolute atomic E-state index is 0.313. The number of rotatable bonds is 2. The number of nitrogens with zero attached hydrogens (tertiary/aromatic N) is 1. The Bertz CT molecular complexity index is 413. The van der Waals surface area contributed by atoms with E-state index in [0.717, 1.165) is 12.1 Å². The molecule has 0 saturated carbocycles. The van der Waals surface area contributed by atoms with Crippen molar-refractivity contribution in [3.8, 4) is 6.07 Å². The van der Waals surface area contributed by atoms with Crippen molar-refractivity contribution in [3.63, 3.8) is 0 Å². The van der Waals surface area contributed by atoms with Crippen molar-refractivity contribution in [1.82, 2.24) is 0 Å². The van der Waals surface area contributed by atoms with Crippen LogP contribution in [-0.4, -0.2) is 0 Å². The number of benzene rings is 1. The van der Waals surface area contributed by atoms with Gasteiger partial charge in [0, 0.05) is 0 Å². The summed E-state index contributed by atoms with van der Waals surface area (Å²) in [4.78, 5) is 0. The molecule has 1 aromatic carbocycles. The first-order chi connectivity index (χ1) is 7.24. The summed E-state index contributed by atoms with van der Waals surface area (Å²) in [5, 5.41) is 8.81. The Kier molecular flexibility index (Phi) is 3.27. The van der Waals surface area contributed by atoms with Gasteiger partial charge in [0.15, 0.2) is 0 Å². The minimum atomic E-state index is -4.33. The molecule has 0 radical (unpaired) electrons. The fourth-order valence-corrected chi connectivity index (χ4v) is 1.41. The van der Waals surface area contributed by atoms with Crippen LogP contribution >= 0.6 is 0 Å². The highest BCUT2D eigenvalue weighted by atomic mass is 19.4. The predicted octanol–water partition coefficient (Wildman–Crippen LogP) is 3.80. The smallest absolute Gasteiger partial charge is 0.198 e. The van der Waals surface area contributed by atoms with E-state index in [2.05, 4.69) is 6.07 Å². The first kappa shape index (κ1) is 12.6. The molecule has 0 unspecified atom stereocenters. The van der Waals surface area contributed by atoms with Crippen LogP contribution in [0.3, 0.4) is 0 Å². The molecule has 86 valence electrons. The maximum absolute atomic E-state index is 12.4. The van der Waals surface area contributed by atoms with Gasteiger partial charge in [-0.3, -0.25) is 0 Å². The van der Waals surface area contributed by atoms with Crippen molar-refractivity contribution in [2.45, 2.75) is 26.4 Å². The van der Waals surface area contributed by atoms with Crippen molar-refractivity contribution in [2.75, 3.05) is 0 Å². The van der Waals surface area contributed by atoms with E-state index in [1.54, 1.807) is 19.9 Å². The number of halogens is 3. The van der Waals surface area contributed by atoms with Crippen LogP contribution in [-0.2, 0) is 12.6 Å². The van der Waals surface area contributed by atoms with E-state index in [1.807, 2.05) is 0 Å². The van der Waals surface area contributed by atoms with Gasteiger partial charge in [-0.2, -0.15) is 18.4 Å². The number of nitriles is 1. The molecule has 1 aromatic rings. The van der Waals surface area contributed by atoms with Crippen molar-refractivity contribution in [2.24, 2.45) is 5.41 Å². The molecule has 0 N–H and O–H groups in total. The second-order valence-corrected chi connectivity index (χ2v) is 4.37. The zero-order valence-corrected chi connectivity index (χ0v) is 9.10. The van der Waals surface area contributed by atoms with Gasteiger partial charge in [0.05, 0.1) is 17.0 Å². The van der Waals surface area contributed by atoms with E-state index < -0.39 is 17.2 Å². The van der Waals surface area contributed by atoms with E-state index in [9.17, 15) is 13.2 Å². The number of hydrogen-bond donors (Lipinski definition) is 0. The van der Waals surface area contributed by atoms with Gasteiger partial charge in [-0.25, -0.2) is 0 Å². The van der Waals surface area contributed by atoms with E-state index in [1.165, 1.54) is 6.07 Å². The van der Waals surface area contributed by atoms with Crippen LogP contribution in [0.1, 0.15) is 25.0 Å². The zero-order chi connectivity index (χ0) is 12.4. The Balaban J connectivity index is 2.97. The maximum Gasteiger partial charge on any atom is 0.416 e. The summed E-state index contributed by atoms with van der Waals surface area (Å²) in [5.41, 5.74) is -0.787. The summed E-state index contributed by atoms with van der Waals surface area (Å²) in [6, 6.07) is 7.17. The molecule has 0 saturated heterocycles. The molecule has 0 amide bonds. The second kappa shape index (κ2) is 4.17. The van der Waals surface area contributed by atoms with Crippen LogP contribution in [0.4, 0.5) is 13.2 Å². The van der Waals surface area contributed by atoms with Gasteiger partial charge in [-0.1, -0.05) is 18.2 Å². The van der Waals surface area contributed by atoms with Gasteiger partial charge < -0.3 is 0 Å². The largest absolute Gasteiger partial charge is 0.416 e. The third kappa shape index (κ3) is 3.27. The Morgan fingerprint density at radius 1 is 1.25 bits per heavy atom. The number of hydrogen-bond acceptors (Lipinski definition) is 1. The van der Waals surface area contributed by atoms with Gasteiger partial charge in [0.1, 0.15) is 0 Å². The molecule has 0 heterocycles. The zero-order valence-electron chi connectivity index (χ0n) is 9.10. The van der Waals surface area contributed by atoms with Crippen molar-refractivity contribution < 1.29 is 13.2 Å². The normalized spacial score (nSPS) is 12.2. The highest BCUT2D eigenvalue weighted by Crippen LogP contribution is 2.31. The topological polar surface area (TPSA) is 23.8 Å². The molecular formula is C12H12F3N. The van der Waals surface area contributed by atoms with Crippen LogP contribution in [0.5, 0.6) is 0 Å². The average Bonchev–Trinajstić information content (AvgIpc) is 2.16. The Hall–Kier alpha value is -1.50. The highest BCUT2D eigenvalue weighted by molar-refractivity contribution is 5.27. The fourth-order valence-electron chi connectivity index (χ4n) is 1.41. The molecule has 0 aliphatic carbocycles. The lowest BCUT2D eigenvalue weighted by Gasteiger charge is -2.16. The van der Waals surface area contributed by atoms with E-state index in [4.69, 9.17) is 5.26 Å². The summed E-state index contributed by atoms with van der Waals surface area (Å²) in [6.45, 7) is 3.40. The summed E-state index contributed by atoms with van der Waals surface area (Å²) in [7, 11) is 0. The summed E-state index contributed by atoms with van der Waals surface area (Å²) in [5.74, 6) is 0. The predicted molar refractivity (Wildman–Crippen MR) is 54.5 cm³/mol. The lowest BCUT2D eigenvalue weighted by atomic mass is 9.87. The summed E-state index contributed by atoms with van der Waals surface area (Å²) < 4.78 is 37.3. The van der Waals surface area contributed by atoms with Crippen LogP contribution < -0.4 is 0 Å². The van der Waals surface area contributed by atoms with Gasteiger partial charge >= 0.3 is 6.18 Å². The van der Waals surface area contributed by atoms with Crippen molar-refractivity contribution in [3.05, 3.63) is 35.4 Å². The van der Waals surface area contributed by atoms with Crippen LogP contribution in [0.15, 0.2) is 24.3 Å². The maximum atomic E-state index is 12.4. The first-order valence-corrected chi connectivity index (χ1v) is 4.82. The second-order valence-electron chi connectivity index (χ2n) is 4.37. The fraction of sp³-hybridized carbons (Fsp3) is 0.417. The molecule has 1 nitrogen and oxygen atoms in total. The van der Waals surface area contributed by atoms with E-state index in [-0.39, 0.29) is 0 Å². The molecule has 0 aliphatic rings. The van der Waals surface area contributed by atoms with Crippen molar-refractivity contribution >= 4 is 0 Å². The highest BCUT2D eigenvalue weighted by Gasteiger charge is 2.30. The lowest BCUT2D eigenvalue weighted by Crippen LogP contribution is -2.13. The molecule has 0 atom stereocenters. The molecule has 0 aromatic heterocycles. The van der Waals surface area contributed by atoms with Gasteiger partial charge in [-0.15, -0.1) is 0 Å². The molecule has 0 spiro atoms. The minimum Gasteiger partial charge on any atom is -0.198 e. The van der Waals surface area contributed by atoms with Crippen molar-refractivity contribution in [1.29, 1.82) is 5.26 Å². The van der Waals surface area contributed by atoms with E-state index in [0.29, 0.717) is 12.0 Å². The first-order valence-electron chi connectivity index (χ1n) is 4.82. The Morgan fingerprint density at radius 2 is 1.88 bits per heavy atom. The van der Waals surface area contributed by atoms with Crippen LogP contribution in [0.2, 0.25) is 0 Å². The number of alkyl halides is 3. The SMILES string of the molecule is CC(C)(C#N)Cc1cccc(C(F)(F)F)c1. The summed E-state index contributed by atoms with van der Waals surface area (Å²) >= 11 is 0. The third-order valence-electron chi connectivity index (χ3n) is 2.20. The standard InChI is InChI=1S/C12H12F3N/c1-11(2,8-16)7-9-4-3-5-10(6-9)12(13,14)15/h3-6H,7H2,1-2H3. The molecule has 16 heavy (non-hydrogen) atoms. The molecule has 1 rings (SSSR count). The molecule has 4 heteroatoms. The van der Waals surface area contributed by atoms with Gasteiger partial charge in [0.2, 0.25) is 0 Å². The molecule has 0 bridgehead atoms.